The fraction of sp³-hybridized carbons (Fsp3) is 0.308. The van der Waals surface area contributed by atoms with Gasteiger partial charge in [0, 0.05) is 20.6 Å². The lowest BCUT2D eigenvalue weighted by Crippen LogP contribution is -2.37. The third-order valence-electron chi connectivity index (χ3n) is 5.78. The van der Waals surface area contributed by atoms with E-state index in [1.165, 1.54) is 11.6 Å². The number of hydrogen-bond acceptors (Lipinski definition) is 6. The van der Waals surface area contributed by atoms with Crippen LogP contribution in [0.4, 0.5) is 5.95 Å². The van der Waals surface area contributed by atoms with Gasteiger partial charge in [0.05, 0.1) is 6.21 Å². The molecular weight excluding hydrogens is 444 g/mol. The first-order chi connectivity index (χ1) is 16.8. The zero-order valence-corrected chi connectivity index (χ0v) is 20.4. The standard InChI is InChI=1S/C26H30N6O3/c1-18(2)14-15-32-22-23(30(3)26(34)31(4)24(22)33)28-25(32)29-27-16-19-10-12-21(13-11-19)35-17-20-8-6-5-7-9-20/h5-13,16,18H,14-15,17H2,1-4H3,(H,28,29)/b27-16-. The number of nitrogens with zero attached hydrogens (tertiary/aromatic N) is 5. The molecule has 1 N–H and O–H groups in total. The van der Waals surface area contributed by atoms with Gasteiger partial charge < -0.3 is 9.30 Å². The first-order valence-corrected chi connectivity index (χ1v) is 11.6. The number of aryl methyl sites for hydroxylation is 2. The van der Waals surface area contributed by atoms with E-state index in [2.05, 4.69) is 29.4 Å². The first kappa shape index (κ1) is 24.0. The molecule has 4 aromatic rings. The van der Waals surface area contributed by atoms with E-state index in [1.807, 2.05) is 54.6 Å². The first-order valence-electron chi connectivity index (χ1n) is 11.6. The van der Waals surface area contributed by atoms with Crippen molar-refractivity contribution in [2.45, 2.75) is 33.4 Å². The number of rotatable bonds is 9. The summed E-state index contributed by atoms with van der Waals surface area (Å²) >= 11 is 0. The molecule has 0 aliphatic rings. The third-order valence-corrected chi connectivity index (χ3v) is 5.78. The molecule has 0 aliphatic heterocycles. The van der Waals surface area contributed by atoms with E-state index in [0.29, 0.717) is 36.2 Å². The molecule has 2 heterocycles. The number of benzene rings is 2. The van der Waals surface area contributed by atoms with Gasteiger partial charge in [0.2, 0.25) is 5.95 Å². The number of ether oxygens (including phenoxy) is 1. The topological polar surface area (TPSA) is 95.4 Å². The van der Waals surface area contributed by atoms with Crippen LogP contribution in [0.15, 0.2) is 69.3 Å². The Morgan fingerprint density at radius 1 is 1.03 bits per heavy atom. The molecule has 0 saturated carbocycles. The molecule has 0 amide bonds. The Balaban J connectivity index is 1.53. The van der Waals surface area contributed by atoms with Crippen molar-refractivity contribution < 1.29 is 4.74 Å². The number of aromatic nitrogens is 4. The summed E-state index contributed by atoms with van der Waals surface area (Å²) in [7, 11) is 3.08. The molecule has 0 saturated heterocycles. The Hall–Kier alpha value is -4.14. The van der Waals surface area contributed by atoms with Crippen LogP contribution in [-0.2, 0) is 27.2 Å². The SMILES string of the molecule is CC(C)CCn1c(N/N=C\c2ccc(OCc3ccccc3)cc2)nc2c1c(=O)n(C)c(=O)n2C. The number of hydrogen-bond donors (Lipinski definition) is 1. The summed E-state index contributed by atoms with van der Waals surface area (Å²) in [6.07, 6.45) is 2.52. The molecule has 9 heteroatoms. The zero-order chi connectivity index (χ0) is 24.9. The highest BCUT2D eigenvalue weighted by molar-refractivity contribution is 5.80. The average Bonchev–Trinajstić information content (AvgIpc) is 3.23. The number of fused-ring (bicyclic) bond motifs is 1. The number of hydrazone groups is 1. The molecule has 0 fully saturated rings. The van der Waals surface area contributed by atoms with Gasteiger partial charge in [-0.15, -0.1) is 0 Å². The van der Waals surface area contributed by atoms with E-state index in [-0.39, 0.29) is 5.56 Å². The second-order valence-corrected chi connectivity index (χ2v) is 8.86. The highest BCUT2D eigenvalue weighted by Crippen LogP contribution is 2.18. The minimum absolute atomic E-state index is 0.333. The van der Waals surface area contributed by atoms with Crippen LogP contribution >= 0.6 is 0 Å². The lowest BCUT2D eigenvalue weighted by Gasteiger charge is -2.10. The van der Waals surface area contributed by atoms with Crippen molar-refractivity contribution in [2.24, 2.45) is 25.1 Å². The Morgan fingerprint density at radius 2 is 1.74 bits per heavy atom. The lowest BCUT2D eigenvalue weighted by atomic mass is 10.1. The maximum absolute atomic E-state index is 12.9. The Morgan fingerprint density at radius 3 is 2.43 bits per heavy atom. The Kier molecular flexibility index (Phi) is 7.14. The van der Waals surface area contributed by atoms with Crippen LogP contribution in [-0.4, -0.2) is 24.9 Å². The summed E-state index contributed by atoms with van der Waals surface area (Å²) in [4.78, 5) is 29.7. The number of anilines is 1. The van der Waals surface area contributed by atoms with Gasteiger partial charge in [-0.25, -0.2) is 10.2 Å². The molecule has 35 heavy (non-hydrogen) atoms. The Labute approximate surface area is 203 Å². The van der Waals surface area contributed by atoms with Gasteiger partial charge in [-0.3, -0.25) is 13.9 Å². The van der Waals surface area contributed by atoms with Gasteiger partial charge in [-0.1, -0.05) is 44.2 Å². The van der Waals surface area contributed by atoms with Crippen LogP contribution < -0.4 is 21.4 Å². The average molecular weight is 475 g/mol. The summed E-state index contributed by atoms with van der Waals surface area (Å²) in [6.45, 7) is 5.31. The normalized spacial score (nSPS) is 11.6. The van der Waals surface area contributed by atoms with Gasteiger partial charge in [0.25, 0.3) is 5.56 Å². The fourth-order valence-corrected chi connectivity index (χ4v) is 3.69. The van der Waals surface area contributed by atoms with Crippen molar-refractivity contribution in [1.82, 2.24) is 18.7 Å². The van der Waals surface area contributed by atoms with Crippen LogP contribution in [0.5, 0.6) is 5.75 Å². The summed E-state index contributed by atoms with van der Waals surface area (Å²) in [6, 6.07) is 17.6. The Bertz CT molecular complexity index is 1450. The van der Waals surface area contributed by atoms with Crippen LogP contribution in [0, 0.1) is 5.92 Å². The van der Waals surface area contributed by atoms with Crippen molar-refractivity contribution in [2.75, 3.05) is 5.43 Å². The molecule has 0 bridgehead atoms. The molecule has 9 nitrogen and oxygen atoms in total. The van der Waals surface area contributed by atoms with E-state index in [0.717, 1.165) is 27.9 Å². The molecule has 2 aromatic heterocycles. The molecule has 4 rings (SSSR count). The van der Waals surface area contributed by atoms with E-state index >= 15 is 0 Å². The van der Waals surface area contributed by atoms with Crippen molar-refractivity contribution >= 4 is 23.3 Å². The van der Waals surface area contributed by atoms with Crippen molar-refractivity contribution in [3.63, 3.8) is 0 Å². The smallest absolute Gasteiger partial charge is 0.332 e. The molecule has 182 valence electrons. The van der Waals surface area contributed by atoms with Crippen molar-refractivity contribution in [1.29, 1.82) is 0 Å². The van der Waals surface area contributed by atoms with E-state index in [4.69, 9.17) is 4.74 Å². The lowest BCUT2D eigenvalue weighted by molar-refractivity contribution is 0.306. The van der Waals surface area contributed by atoms with Gasteiger partial charge in [0.15, 0.2) is 11.2 Å². The molecular formula is C26H30N6O3. The molecule has 0 atom stereocenters. The maximum Gasteiger partial charge on any atom is 0.332 e. The van der Waals surface area contributed by atoms with Crippen LogP contribution in [0.3, 0.4) is 0 Å². The highest BCUT2D eigenvalue weighted by atomic mass is 16.5. The quantitative estimate of drug-likeness (QED) is 0.296. The van der Waals surface area contributed by atoms with E-state index < -0.39 is 5.69 Å². The molecule has 0 radical (unpaired) electrons. The minimum atomic E-state index is -0.416. The van der Waals surface area contributed by atoms with Crippen LogP contribution in [0.25, 0.3) is 11.2 Å². The summed E-state index contributed by atoms with van der Waals surface area (Å²) in [5, 5.41) is 4.33. The third kappa shape index (κ3) is 5.34. The molecule has 0 spiro atoms. The van der Waals surface area contributed by atoms with Gasteiger partial charge >= 0.3 is 5.69 Å². The van der Waals surface area contributed by atoms with Crippen molar-refractivity contribution in [3.8, 4) is 5.75 Å². The zero-order valence-electron chi connectivity index (χ0n) is 20.4. The predicted molar refractivity (Wildman–Crippen MR) is 138 cm³/mol. The van der Waals surface area contributed by atoms with Gasteiger partial charge in [-0.2, -0.15) is 10.1 Å². The summed E-state index contributed by atoms with van der Waals surface area (Å²) in [5.41, 5.74) is 4.86. The fourth-order valence-electron chi connectivity index (χ4n) is 3.69. The van der Waals surface area contributed by atoms with E-state index in [1.54, 1.807) is 17.8 Å². The second-order valence-electron chi connectivity index (χ2n) is 8.86. The van der Waals surface area contributed by atoms with Gasteiger partial charge in [-0.05, 0) is 47.7 Å². The predicted octanol–water partition coefficient (Wildman–Crippen LogP) is 3.50. The monoisotopic (exact) mass is 474 g/mol. The number of imidazole rings is 1. The highest BCUT2D eigenvalue weighted by Gasteiger charge is 2.19. The minimum Gasteiger partial charge on any atom is -0.489 e. The molecule has 2 aromatic carbocycles. The van der Waals surface area contributed by atoms with Crippen LogP contribution in [0.2, 0.25) is 0 Å². The van der Waals surface area contributed by atoms with Crippen molar-refractivity contribution in [3.05, 3.63) is 86.6 Å². The van der Waals surface area contributed by atoms with E-state index in [9.17, 15) is 9.59 Å². The number of nitrogens with one attached hydrogen (secondary N) is 1. The second kappa shape index (κ2) is 10.4. The summed E-state index contributed by atoms with van der Waals surface area (Å²) < 4.78 is 10.1. The molecule has 0 unspecified atom stereocenters. The maximum atomic E-state index is 12.9. The largest absolute Gasteiger partial charge is 0.489 e. The summed E-state index contributed by atoms with van der Waals surface area (Å²) in [5.74, 6) is 1.62. The van der Waals surface area contributed by atoms with Crippen LogP contribution in [0.1, 0.15) is 31.4 Å². The van der Waals surface area contributed by atoms with Gasteiger partial charge in [0.1, 0.15) is 12.4 Å². The molecule has 0 aliphatic carbocycles.